The summed E-state index contributed by atoms with van der Waals surface area (Å²) in [6.45, 7) is 0.0113. The van der Waals surface area contributed by atoms with Crippen molar-refractivity contribution in [1.82, 2.24) is 4.98 Å². The Kier molecular flexibility index (Phi) is 5.63. The number of hydrogen-bond acceptors (Lipinski definition) is 8. The molecule has 0 saturated heterocycles. The highest BCUT2D eigenvalue weighted by molar-refractivity contribution is 7.93. The average Bonchev–Trinajstić information content (AvgIpc) is 3.46. The highest BCUT2D eigenvalue weighted by Crippen LogP contribution is 2.47. The molecule has 3 heterocycles. The molecule has 10 heteroatoms. The van der Waals surface area contributed by atoms with Gasteiger partial charge in [0.25, 0.3) is 10.0 Å². The minimum atomic E-state index is -3.82. The lowest BCUT2D eigenvalue weighted by Crippen LogP contribution is -2.31. The summed E-state index contributed by atoms with van der Waals surface area (Å²) in [4.78, 5) is 7.10. The first-order valence-electron chi connectivity index (χ1n) is 8.92. The predicted molar refractivity (Wildman–Crippen MR) is 115 cm³/mol. The van der Waals surface area contributed by atoms with Crippen molar-refractivity contribution in [2.75, 3.05) is 30.1 Å². The zero-order chi connectivity index (χ0) is 20.6. The molecule has 7 nitrogen and oxygen atoms in total. The van der Waals surface area contributed by atoms with Gasteiger partial charge in [0.2, 0.25) is 0 Å². The van der Waals surface area contributed by atoms with Crippen molar-refractivity contribution in [1.29, 1.82) is 0 Å². The molecule has 0 fully saturated rings. The third-order valence-electron chi connectivity index (χ3n) is 5.01. The molecule has 1 aliphatic rings. The van der Waals surface area contributed by atoms with Crippen molar-refractivity contribution in [3.05, 3.63) is 56.7 Å². The van der Waals surface area contributed by atoms with E-state index in [1.165, 1.54) is 21.7 Å². The predicted octanol–water partition coefficient (Wildman–Crippen LogP) is 3.23. The quantitative estimate of drug-likeness (QED) is 0.594. The van der Waals surface area contributed by atoms with E-state index in [2.05, 4.69) is 9.88 Å². The number of benzene rings is 1. The van der Waals surface area contributed by atoms with Crippen molar-refractivity contribution in [3.8, 4) is 0 Å². The van der Waals surface area contributed by atoms with Gasteiger partial charge in [-0.1, -0.05) is 12.1 Å². The summed E-state index contributed by atoms with van der Waals surface area (Å²) in [6.07, 6.45) is 2.51. The van der Waals surface area contributed by atoms with Crippen LogP contribution in [0, 0.1) is 0 Å². The fourth-order valence-corrected chi connectivity index (χ4v) is 6.88. The summed E-state index contributed by atoms with van der Waals surface area (Å²) in [7, 11) is -0.648. The summed E-state index contributed by atoms with van der Waals surface area (Å²) in [5, 5.41) is 14.1. The first kappa shape index (κ1) is 20.3. The van der Waals surface area contributed by atoms with Crippen LogP contribution in [-0.4, -0.2) is 39.4 Å². The molecule has 3 aromatic rings. The van der Waals surface area contributed by atoms with E-state index in [4.69, 9.17) is 4.74 Å². The number of methoxy groups -OCH3 is 1. The molecule has 29 heavy (non-hydrogen) atoms. The Hall–Kier alpha value is -1.98. The lowest BCUT2D eigenvalue weighted by Gasteiger charge is -2.29. The Morgan fingerprint density at radius 2 is 2.14 bits per heavy atom. The molecule has 0 bridgehead atoms. The van der Waals surface area contributed by atoms with Gasteiger partial charge in [0, 0.05) is 32.2 Å². The summed E-state index contributed by atoms with van der Waals surface area (Å²) in [5.74, 6) is 0. The van der Waals surface area contributed by atoms with Crippen LogP contribution in [-0.2, 0) is 27.8 Å². The van der Waals surface area contributed by atoms with Gasteiger partial charge in [-0.25, -0.2) is 13.4 Å². The van der Waals surface area contributed by atoms with Crippen LogP contribution < -0.4 is 9.21 Å². The molecule has 1 unspecified atom stereocenters. The molecule has 4 rings (SSSR count). The number of fused-ring (bicyclic) bond motifs is 1. The van der Waals surface area contributed by atoms with Crippen molar-refractivity contribution in [2.45, 2.75) is 24.0 Å². The number of para-hydroxylation sites is 1. The number of thiazole rings is 1. The van der Waals surface area contributed by atoms with Gasteiger partial charge >= 0.3 is 0 Å². The van der Waals surface area contributed by atoms with E-state index in [9.17, 15) is 13.5 Å². The van der Waals surface area contributed by atoms with Gasteiger partial charge < -0.3 is 14.7 Å². The maximum atomic E-state index is 13.3. The lowest BCUT2D eigenvalue weighted by molar-refractivity contribution is 0.191. The van der Waals surface area contributed by atoms with Crippen molar-refractivity contribution in [3.63, 3.8) is 0 Å². The maximum Gasteiger partial charge on any atom is 0.265 e. The molecule has 1 aliphatic heterocycles. The monoisotopic (exact) mass is 451 g/mol. The molecule has 0 saturated carbocycles. The fourth-order valence-electron chi connectivity index (χ4n) is 3.67. The summed E-state index contributed by atoms with van der Waals surface area (Å²) in [6, 6.07) is 7.22. The van der Waals surface area contributed by atoms with Gasteiger partial charge in [-0.05, 0) is 23.1 Å². The van der Waals surface area contributed by atoms with E-state index in [0.717, 1.165) is 22.7 Å². The number of hydrogen-bond donors (Lipinski definition) is 1. The number of aliphatic hydroxyl groups excluding tert-OH is 1. The minimum Gasteiger partial charge on any atom is -0.391 e. The number of ether oxygens (including phenoxy) is 1. The van der Waals surface area contributed by atoms with Crippen LogP contribution in [0.5, 0.6) is 0 Å². The van der Waals surface area contributed by atoms with Gasteiger partial charge in [0.05, 0.1) is 28.9 Å². The molecule has 0 radical (unpaired) electrons. The summed E-state index contributed by atoms with van der Waals surface area (Å²) in [5.41, 5.74) is 2.46. The largest absolute Gasteiger partial charge is 0.391 e. The second-order valence-electron chi connectivity index (χ2n) is 6.60. The van der Waals surface area contributed by atoms with Crippen molar-refractivity contribution in [2.24, 2.45) is 0 Å². The standard InChI is InChI=1S/C19H21N3O4S3/c1-21(29(24,25)17-6-8-27-16(17)11-23)14-5-3-4-13-10-15(19-20-7-9-28-19)22(12-26-2)18(13)14/h3-9,15,23H,10-12H2,1-2H3. The molecule has 1 aromatic carbocycles. The van der Waals surface area contributed by atoms with E-state index in [1.807, 2.05) is 17.5 Å². The number of aromatic nitrogens is 1. The van der Waals surface area contributed by atoms with Gasteiger partial charge in [-0.15, -0.1) is 22.7 Å². The van der Waals surface area contributed by atoms with Crippen molar-refractivity contribution < 1.29 is 18.3 Å². The number of anilines is 2. The topological polar surface area (TPSA) is 83.0 Å². The second-order valence-corrected chi connectivity index (χ2v) is 10.5. The van der Waals surface area contributed by atoms with Crippen LogP contribution in [0.15, 0.2) is 46.1 Å². The van der Waals surface area contributed by atoms with Gasteiger partial charge in [0.1, 0.15) is 16.6 Å². The number of nitrogens with zero attached hydrogens (tertiary/aromatic N) is 3. The average molecular weight is 452 g/mol. The van der Waals surface area contributed by atoms with Gasteiger partial charge in [-0.3, -0.25) is 4.31 Å². The number of sulfonamides is 1. The zero-order valence-electron chi connectivity index (χ0n) is 16.0. The molecule has 0 aliphatic carbocycles. The highest BCUT2D eigenvalue weighted by atomic mass is 32.2. The van der Waals surface area contributed by atoms with E-state index >= 15 is 0 Å². The van der Waals surface area contributed by atoms with E-state index in [1.54, 1.807) is 43.1 Å². The van der Waals surface area contributed by atoms with Crippen LogP contribution in [0.3, 0.4) is 0 Å². The molecule has 0 spiro atoms. The third-order valence-corrected chi connectivity index (χ3v) is 8.77. The molecule has 154 valence electrons. The maximum absolute atomic E-state index is 13.3. The molecular weight excluding hydrogens is 430 g/mol. The number of thiophene rings is 1. The first-order valence-corrected chi connectivity index (χ1v) is 12.1. The third kappa shape index (κ3) is 3.44. The zero-order valence-corrected chi connectivity index (χ0v) is 18.4. The highest BCUT2D eigenvalue weighted by Gasteiger charge is 2.36. The number of rotatable bonds is 7. The SMILES string of the molecule is COCN1c2c(cccc2N(C)S(=O)(=O)c2ccsc2CO)CC1c1nccs1. The smallest absolute Gasteiger partial charge is 0.265 e. The van der Waals surface area contributed by atoms with Crippen LogP contribution in [0.25, 0.3) is 0 Å². The Labute approximate surface area is 177 Å². The molecule has 1 atom stereocenters. The van der Waals surface area contributed by atoms with E-state index in [0.29, 0.717) is 17.3 Å². The molecule has 0 amide bonds. The Morgan fingerprint density at radius 1 is 1.31 bits per heavy atom. The van der Waals surface area contributed by atoms with Crippen LogP contribution in [0.4, 0.5) is 11.4 Å². The van der Waals surface area contributed by atoms with Gasteiger partial charge in [-0.2, -0.15) is 0 Å². The van der Waals surface area contributed by atoms with Crippen LogP contribution in [0.1, 0.15) is 21.5 Å². The molecular formula is C19H21N3O4S3. The van der Waals surface area contributed by atoms with E-state index in [-0.39, 0.29) is 17.5 Å². The summed E-state index contributed by atoms with van der Waals surface area (Å²) < 4.78 is 33.4. The van der Waals surface area contributed by atoms with E-state index < -0.39 is 10.0 Å². The van der Waals surface area contributed by atoms with Crippen molar-refractivity contribution >= 4 is 44.1 Å². The summed E-state index contributed by atoms with van der Waals surface area (Å²) >= 11 is 2.81. The van der Waals surface area contributed by atoms with Crippen LogP contribution >= 0.6 is 22.7 Å². The Bertz CT molecular complexity index is 1100. The fraction of sp³-hybridized carbons (Fsp3) is 0.316. The lowest BCUT2D eigenvalue weighted by atomic mass is 10.1. The normalized spacial score (nSPS) is 16.2. The number of aliphatic hydroxyl groups is 1. The molecule has 2 aromatic heterocycles. The second kappa shape index (κ2) is 8.04. The van der Waals surface area contributed by atoms with Crippen LogP contribution in [0.2, 0.25) is 0 Å². The Morgan fingerprint density at radius 3 is 2.83 bits per heavy atom. The Balaban J connectivity index is 1.79. The molecule has 1 N–H and O–H groups in total. The minimum absolute atomic E-state index is 0.00338. The first-order chi connectivity index (χ1) is 14.0. The van der Waals surface area contributed by atoms with Gasteiger partial charge in [0.15, 0.2) is 0 Å².